The third-order valence-electron chi connectivity index (χ3n) is 1.86. The second-order valence-corrected chi connectivity index (χ2v) is 6.56. The Balaban J connectivity index is 5.15. The van der Waals surface area contributed by atoms with Crippen LogP contribution in [0.15, 0.2) is 12.2 Å². The average molecular weight is 262 g/mol. The van der Waals surface area contributed by atoms with Crippen LogP contribution in [0.25, 0.3) is 0 Å². The van der Waals surface area contributed by atoms with Crippen LogP contribution in [0, 0.1) is 0 Å². The average Bonchev–Trinajstić information content (AvgIpc) is 2.16. The molecule has 0 saturated carbocycles. The van der Waals surface area contributed by atoms with Gasteiger partial charge >= 0.3 is 30.8 Å². The summed E-state index contributed by atoms with van der Waals surface area (Å²) in [5.74, 6) is -1.04. The molecule has 0 saturated heterocycles. The zero-order valence-electron chi connectivity index (χ0n) is 8.80. The van der Waals surface area contributed by atoms with E-state index in [2.05, 4.69) is 11.3 Å². The van der Waals surface area contributed by atoms with Gasteiger partial charge in [-0.15, -0.1) is 0 Å². The molecule has 0 fully saturated rings. The van der Waals surface area contributed by atoms with Gasteiger partial charge in [0.1, 0.15) is 6.23 Å². The van der Waals surface area contributed by atoms with Crippen molar-refractivity contribution in [3.05, 3.63) is 12.2 Å². The summed E-state index contributed by atoms with van der Waals surface area (Å²) in [6.07, 6.45) is -1.18. The standard InChI is InChI=1S/C8H10O8Si/c1-4(2)5(9)16-3-17(6(10)11,7(12)13)8(14)15/h1,3H2,2H3,(H,10,11)(H,12,13)(H,14,15). The molecule has 0 aliphatic heterocycles. The molecular weight excluding hydrogens is 252 g/mol. The summed E-state index contributed by atoms with van der Waals surface area (Å²) in [6.45, 7) is 4.45. The van der Waals surface area contributed by atoms with Crippen LogP contribution in [0.1, 0.15) is 6.92 Å². The summed E-state index contributed by atoms with van der Waals surface area (Å²) in [6, 6.07) is 0. The van der Waals surface area contributed by atoms with E-state index in [-0.39, 0.29) is 5.57 Å². The number of ether oxygens (including phenoxy) is 1. The summed E-state index contributed by atoms with van der Waals surface area (Å²) < 4.78 is 4.33. The predicted molar refractivity (Wildman–Crippen MR) is 55.6 cm³/mol. The number of hydrogen-bond acceptors (Lipinski definition) is 5. The molecule has 94 valence electrons. The quantitative estimate of drug-likeness (QED) is 0.364. The Kier molecular flexibility index (Phi) is 4.58. The summed E-state index contributed by atoms with van der Waals surface area (Å²) in [5, 5.41) is 26.1. The lowest BCUT2D eigenvalue weighted by atomic mass is 10.4. The van der Waals surface area contributed by atoms with Crippen LogP contribution in [0.5, 0.6) is 0 Å². The van der Waals surface area contributed by atoms with Crippen molar-refractivity contribution in [1.29, 1.82) is 0 Å². The van der Waals surface area contributed by atoms with Crippen LogP contribution in [-0.4, -0.2) is 52.4 Å². The molecule has 0 aromatic carbocycles. The minimum Gasteiger partial charge on any atom is -0.484 e. The van der Waals surface area contributed by atoms with Gasteiger partial charge < -0.3 is 20.1 Å². The van der Waals surface area contributed by atoms with E-state index in [1.807, 2.05) is 0 Å². The molecule has 0 heterocycles. The molecule has 0 rings (SSSR count). The first-order chi connectivity index (χ1) is 7.66. The van der Waals surface area contributed by atoms with Crippen molar-refractivity contribution in [3.8, 4) is 0 Å². The van der Waals surface area contributed by atoms with Gasteiger partial charge in [-0.25, -0.2) is 4.79 Å². The first kappa shape index (κ1) is 14.8. The van der Waals surface area contributed by atoms with Crippen LogP contribution >= 0.6 is 0 Å². The molecular formula is C8H10O8Si. The Morgan fingerprint density at radius 2 is 1.41 bits per heavy atom. The Morgan fingerprint density at radius 3 is 1.65 bits per heavy atom. The second kappa shape index (κ2) is 5.25. The molecule has 0 radical (unpaired) electrons. The van der Waals surface area contributed by atoms with Gasteiger partial charge in [-0.05, 0) is 6.92 Å². The SMILES string of the molecule is C=C(C)C(=O)OC[Si](C(=O)O)(C(=O)O)C(=O)O. The van der Waals surface area contributed by atoms with E-state index >= 15 is 0 Å². The largest absolute Gasteiger partial charge is 0.484 e. The Morgan fingerprint density at radius 1 is 1.06 bits per heavy atom. The lowest BCUT2D eigenvalue weighted by Crippen LogP contribution is -2.62. The van der Waals surface area contributed by atoms with E-state index in [1.54, 1.807) is 0 Å². The monoisotopic (exact) mass is 262 g/mol. The smallest absolute Gasteiger partial charge is 0.468 e. The van der Waals surface area contributed by atoms with Crippen molar-refractivity contribution < 1.29 is 39.2 Å². The molecule has 3 N–H and O–H groups in total. The van der Waals surface area contributed by atoms with E-state index in [9.17, 15) is 19.2 Å². The fourth-order valence-corrected chi connectivity index (χ4v) is 2.02. The van der Waals surface area contributed by atoms with Crippen LogP contribution in [-0.2, 0) is 9.53 Å². The molecule has 0 aliphatic rings. The lowest BCUT2D eigenvalue weighted by Gasteiger charge is -2.16. The van der Waals surface area contributed by atoms with Crippen LogP contribution < -0.4 is 0 Å². The van der Waals surface area contributed by atoms with E-state index in [4.69, 9.17) is 15.3 Å². The van der Waals surface area contributed by atoms with Crippen molar-refractivity contribution >= 4 is 30.8 Å². The summed E-state index contributed by atoms with van der Waals surface area (Å²) in [7, 11) is -4.87. The maximum absolute atomic E-state index is 11.0. The van der Waals surface area contributed by atoms with E-state index in [1.165, 1.54) is 6.92 Å². The summed E-state index contributed by atoms with van der Waals surface area (Å²) >= 11 is 0. The second-order valence-electron chi connectivity index (χ2n) is 3.18. The minimum absolute atomic E-state index is 0.0888. The third-order valence-corrected chi connectivity index (χ3v) is 4.63. The molecule has 0 aromatic heterocycles. The highest BCUT2D eigenvalue weighted by molar-refractivity contribution is 7.38. The third kappa shape index (κ3) is 2.90. The fraction of sp³-hybridized carbons (Fsp3) is 0.250. The topological polar surface area (TPSA) is 138 Å². The highest BCUT2D eigenvalue weighted by Crippen LogP contribution is 2.10. The van der Waals surface area contributed by atoms with Crippen molar-refractivity contribution in [2.24, 2.45) is 0 Å². The molecule has 0 amide bonds. The van der Waals surface area contributed by atoms with Crippen molar-refractivity contribution in [3.63, 3.8) is 0 Å². The highest BCUT2D eigenvalue weighted by atomic mass is 28.3. The number of esters is 1. The van der Waals surface area contributed by atoms with Gasteiger partial charge in [0.15, 0.2) is 0 Å². The van der Waals surface area contributed by atoms with E-state index in [0.29, 0.717) is 0 Å². The minimum atomic E-state index is -4.87. The maximum Gasteiger partial charge on any atom is 0.468 e. The van der Waals surface area contributed by atoms with Crippen LogP contribution in [0.3, 0.4) is 0 Å². The van der Waals surface area contributed by atoms with Crippen molar-refractivity contribution in [1.82, 2.24) is 0 Å². The van der Waals surface area contributed by atoms with Gasteiger partial charge in [-0.2, -0.15) is 0 Å². The Hall–Kier alpha value is -2.16. The van der Waals surface area contributed by atoms with Gasteiger partial charge in [0.2, 0.25) is 0 Å². The summed E-state index contributed by atoms with van der Waals surface area (Å²) in [5.41, 5.74) is -6.07. The van der Waals surface area contributed by atoms with E-state index < -0.39 is 37.1 Å². The number of carbonyl (C=O) groups excluding carboxylic acids is 1. The van der Waals surface area contributed by atoms with E-state index in [0.717, 1.165) is 0 Å². The first-order valence-corrected chi connectivity index (χ1v) is 6.39. The van der Waals surface area contributed by atoms with Crippen molar-refractivity contribution in [2.45, 2.75) is 6.92 Å². The number of rotatable bonds is 6. The molecule has 0 aromatic rings. The molecule has 0 atom stereocenters. The molecule has 0 unspecified atom stereocenters. The van der Waals surface area contributed by atoms with Gasteiger partial charge in [0.05, 0.1) is 0 Å². The molecule has 0 spiro atoms. The Labute approximate surface area is 96.1 Å². The zero-order chi connectivity index (χ0) is 13.8. The van der Waals surface area contributed by atoms with Gasteiger partial charge in [-0.3, -0.25) is 14.4 Å². The van der Waals surface area contributed by atoms with Crippen molar-refractivity contribution in [2.75, 3.05) is 6.23 Å². The van der Waals surface area contributed by atoms with Gasteiger partial charge in [-0.1, -0.05) is 6.58 Å². The zero-order valence-corrected chi connectivity index (χ0v) is 9.80. The molecule has 8 nitrogen and oxygen atoms in total. The van der Waals surface area contributed by atoms with Crippen LogP contribution in [0.2, 0.25) is 0 Å². The number of carboxylic acid groups (broad SMARTS) is 3. The number of hydrogen-bond donors (Lipinski definition) is 3. The lowest BCUT2D eigenvalue weighted by molar-refractivity contribution is -0.137. The molecule has 0 aliphatic carbocycles. The normalized spacial score (nSPS) is 10.4. The first-order valence-electron chi connectivity index (χ1n) is 4.19. The highest BCUT2D eigenvalue weighted by Gasteiger charge is 2.61. The van der Waals surface area contributed by atoms with Crippen LogP contribution in [0.4, 0.5) is 14.4 Å². The predicted octanol–water partition coefficient (Wildman–Crippen LogP) is 0.873. The number of carbonyl (C=O) groups is 4. The molecule has 17 heavy (non-hydrogen) atoms. The molecule has 9 heteroatoms. The summed E-state index contributed by atoms with van der Waals surface area (Å²) in [4.78, 5) is 43.3. The fourth-order valence-electron chi connectivity index (χ4n) is 0.757. The van der Waals surface area contributed by atoms with Gasteiger partial charge in [0.25, 0.3) is 0 Å². The van der Waals surface area contributed by atoms with Gasteiger partial charge in [0, 0.05) is 5.57 Å². The Bertz CT molecular complexity index is 362. The molecule has 0 bridgehead atoms. The maximum atomic E-state index is 11.0.